The van der Waals surface area contributed by atoms with Crippen molar-refractivity contribution in [3.05, 3.63) is 29.7 Å². The van der Waals surface area contributed by atoms with Crippen molar-refractivity contribution in [2.24, 2.45) is 0 Å². The fraction of sp³-hybridized carbons (Fsp3) is 0.417. The van der Waals surface area contributed by atoms with Gasteiger partial charge in [-0.3, -0.25) is 0 Å². The molecule has 0 aromatic heterocycles. The second-order valence-corrected chi connectivity index (χ2v) is 3.40. The van der Waals surface area contributed by atoms with Crippen molar-refractivity contribution in [1.82, 2.24) is 0 Å². The predicted octanol–water partition coefficient (Wildman–Crippen LogP) is 2.22. The highest BCUT2D eigenvalue weighted by atomic mass is 16.5. The summed E-state index contributed by atoms with van der Waals surface area (Å²) in [6.45, 7) is 0. The van der Waals surface area contributed by atoms with Crippen LogP contribution < -0.4 is 9.47 Å². The zero-order valence-corrected chi connectivity index (χ0v) is 9.16. The maximum absolute atomic E-state index is 5.36. The Morgan fingerprint density at radius 1 is 1.20 bits per heavy atom. The molecule has 3 nitrogen and oxygen atoms in total. The molecule has 2 radical (unpaired) electrons. The first-order chi connectivity index (χ1) is 7.30. The molecule has 0 saturated carbocycles. The molecule has 0 aliphatic heterocycles. The van der Waals surface area contributed by atoms with Crippen molar-refractivity contribution in [1.29, 1.82) is 0 Å². The molecule has 0 amide bonds. The van der Waals surface area contributed by atoms with Crippen LogP contribution in [0.1, 0.15) is 23.7 Å². The quantitative estimate of drug-likeness (QED) is 0.759. The van der Waals surface area contributed by atoms with Gasteiger partial charge in [-0.25, -0.2) is 0 Å². The van der Waals surface area contributed by atoms with Gasteiger partial charge in [-0.2, -0.15) is 0 Å². The summed E-state index contributed by atoms with van der Waals surface area (Å²) in [5.74, 6) is 1.58. The highest BCUT2D eigenvalue weighted by Crippen LogP contribution is 2.42. The summed E-state index contributed by atoms with van der Waals surface area (Å²) in [6.07, 6.45) is 4.11. The second-order valence-electron chi connectivity index (χ2n) is 3.40. The van der Waals surface area contributed by atoms with E-state index in [9.17, 15) is 0 Å². The van der Waals surface area contributed by atoms with Gasteiger partial charge in [0.25, 0.3) is 0 Å². The lowest BCUT2D eigenvalue weighted by Crippen LogP contribution is -1.98. The minimum absolute atomic E-state index is 0.0731. The van der Waals surface area contributed by atoms with Crippen LogP contribution in [0.3, 0.4) is 0 Å². The van der Waals surface area contributed by atoms with Crippen molar-refractivity contribution in [3.63, 3.8) is 0 Å². The van der Waals surface area contributed by atoms with Crippen LogP contribution in [0, 0.1) is 6.42 Å². The molecular formula is C12H14O3. The fourth-order valence-corrected chi connectivity index (χ4v) is 1.85. The lowest BCUT2D eigenvalue weighted by Gasteiger charge is -2.13. The molecule has 3 heteroatoms. The van der Waals surface area contributed by atoms with Crippen LogP contribution in [-0.4, -0.2) is 21.3 Å². The predicted molar refractivity (Wildman–Crippen MR) is 56.3 cm³/mol. The number of hydrogen-bond donors (Lipinski definition) is 0. The molecule has 15 heavy (non-hydrogen) atoms. The van der Waals surface area contributed by atoms with E-state index in [-0.39, 0.29) is 6.10 Å². The summed E-state index contributed by atoms with van der Waals surface area (Å²) in [6, 6.07) is 3.84. The molecule has 1 aliphatic carbocycles. The van der Waals surface area contributed by atoms with E-state index in [0.717, 1.165) is 29.0 Å². The monoisotopic (exact) mass is 206 g/mol. The molecule has 1 aromatic carbocycles. The Balaban J connectivity index is 2.48. The minimum Gasteiger partial charge on any atom is -0.497 e. The number of benzene rings is 1. The van der Waals surface area contributed by atoms with Gasteiger partial charge >= 0.3 is 0 Å². The zero-order chi connectivity index (χ0) is 10.8. The molecule has 0 spiro atoms. The smallest absolute Gasteiger partial charge is 0.126 e. The average Bonchev–Trinajstić information content (AvgIpc) is 2.70. The number of hydrogen-bond acceptors (Lipinski definition) is 3. The van der Waals surface area contributed by atoms with Gasteiger partial charge in [-0.05, 0) is 18.1 Å². The molecule has 1 unspecified atom stereocenters. The van der Waals surface area contributed by atoms with Gasteiger partial charge < -0.3 is 14.2 Å². The van der Waals surface area contributed by atoms with Crippen molar-refractivity contribution >= 4 is 0 Å². The minimum atomic E-state index is 0.0731. The Morgan fingerprint density at radius 2 is 2.00 bits per heavy atom. The fourth-order valence-electron chi connectivity index (χ4n) is 1.85. The number of ether oxygens (including phenoxy) is 3. The Bertz CT molecular complexity index is 360. The summed E-state index contributed by atoms with van der Waals surface area (Å²) in [7, 11) is 5.00. The van der Waals surface area contributed by atoms with Crippen LogP contribution in [0.5, 0.6) is 11.5 Å². The molecular weight excluding hydrogens is 192 g/mol. The third kappa shape index (κ3) is 1.67. The van der Waals surface area contributed by atoms with Crippen LogP contribution in [0.2, 0.25) is 0 Å². The van der Waals surface area contributed by atoms with Gasteiger partial charge in [0.05, 0.1) is 20.3 Å². The van der Waals surface area contributed by atoms with Crippen molar-refractivity contribution in [2.75, 3.05) is 21.3 Å². The Labute approximate surface area is 90.0 Å². The summed E-state index contributed by atoms with van der Waals surface area (Å²) >= 11 is 0. The van der Waals surface area contributed by atoms with Gasteiger partial charge in [-0.1, -0.05) is 0 Å². The molecule has 1 aromatic rings. The Hall–Kier alpha value is -1.22. The van der Waals surface area contributed by atoms with Crippen molar-refractivity contribution < 1.29 is 14.2 Å². The lowest BCUT2D eigenvalue weighted by atomic mass is 10.1. The van der Waals surface area contributed by atoms with E-state index in [1.165, 1.54) is 0 Å². The van der Waals surface area contributed by atoms with Crippen LogP contribution >= 0.6 is 0 Å². The molecule has 80 valence electrons. The summed E-state index contributed by atoms with van der Waals surface area (Å²) in [5, 5.41) is 0. The molecule has 0 fully saturated rings. The molecule has 1 aliphatic rings. The van der Waals surface area contributed by atoms with E-state index in [2.05, 4.69) is 6.42 Å². The van der Waals surface area contributed by atoms with E-state index in [1.54, 1.807) is 21.3 Å². The largest absolute Gasteiger partial charge is 0.497 e. The van der Waals surface area contributed by atoms with Crippen LogP contribution in [-0.2, 0) is 4.74 Å². The van der Waals surface area contributed by atoms with E-state index in [0.29, 0.717) is 0 Å². The standard InChI is InChI=1S/C12H14O3/c1-13-8-6-10-9(12(7-8)15-3)4-5-11(10)14-2/h6-7,11H,5H2,1-3H3. The van der Waals surface area contributed by atoms with Gasteiger partial charge in [0.2, 0.25) is 0 Å². The third-order valence-corrected chi connectivity index (χ3v) is 2.66. The lowest BCUT2D eigenvalue weighted by molar-refractivity contribution is 0.109. The highest BCUT2D eigenvalue weighted by molar-refractivity contribution is 5.54. The Kier molecular flexibility index (Phi) is 2.82. The molecule has 2 rings (SSSR count). The average molecular weight is 206 g/mol. The van der Waals surface area contributed by atoms with E-state index < -0.39 is 0 Å². The third-order valence-electron chi connectivity index (χ3n) is 2.66. The summed E-state index contributed by atoms with van der Waals surface area (Å²) in [5.41, 5.74) is 2.10. The molecule has 0 heterocycles. The molecule has 0 saturated heterocycles. The van der Waals surface area contributed by atoms with Crippen LogP contribution in [0.25, 0.3) is 0 Å². The summed E-state index contributed by atoms with van der Waals surface area (Å²) in [4.78, 5) is 0. The van der Waals surface area contributed by atoms with Gasteiger partial charge in [-0.15, -0.1) is 0 Å². The van der Waals surface area contributed by atoms with Gasteiger partial charge in [0.15, 0.2) is 0 Å². The first-order valence-corrected chi connectivity index (χ1v) is 4.82. The maximum Gasteiger partial charge on any atom is 0.126 e. The zero-order valence-electron chi connectivity index (χ0n) is 9.16. The second kappa shape index (κ2) is 4.11. The van der Waals surface area contributed by atoms with Gasteiger partial charge in [0, 0.05) is 25.2 Å². The maximum atomic E-state index is 5.36. The molecule has 1 atom stereocenters. The SMILES string of the molecule is COc1cc(OC)c2c(c1)C(OC)C[C]2. The van der Waals surface area contributed by atoms with Crippen molar-refractivity contribution in [2.45, 2.75) is 12.5 Å². The Morgan fingerprint density at radius 3 is 2.60 bits per heavy atom. The van der Waals surface area contributed by atoms with E-state index in [1.807, 2.05) is 12.1 Å². The van der Waals surface area contributed by atoms with Crippen molar-refractivity contribution in [3.8, 4) is 11.5 Å². The first kappa shape index (κ1) is 10.3. The van der Waals surface area contributed by atoms with E-state index in [4.69, 9.17) is 14.2 Å². The highest BCUT2D eigenvalue weighted by Gasteiger charge is 2.26. The summed E-state index contributed by atoms with van der Waals surface area (Å²) < 4.78 is 15.9. The molecule has 0 N–H and O–H groups in total. The topological polar surface area (TPSA) is 27.7 Å². The molecule has 0 bridgehead atoms. The number of methoxy groups -OCH3 is 3. The number of fused-ring (bicyclic) bond motifs is 1. The van der Waals surface area contributed by atoms with Crippen LogP contribution in [0.4, 0.5) is 0 Å². The first-order valence-electron chi connectivity index (χ1n) is 4.82. The number of rotatable bonds is 3. The normalized spacial score (nSPS) is 18.7. The van der Waals surface area contributed by atoms with E-state index >= 15 is 0 Å². The van der Waals surface area contributed by atoms with Gasteiger partial charge in [0.1, 0.15) is 11.5 Å². The van der Waals surface area contributed by atoms with Crippen LogP contribution in [0.15, 0.2) is 12.1 Å².